The maximum atomic E-state index is 10.6. The van der Waals surface area contributed by atoms with Gasteiger partial charge in [0.25, 0.3) is 0 Å². The maximum absolute atomic E-state index is 10.6. The van der Waals surface area contributed by atoms with E-state index in [-0.39, 0.29) is 70.2 Å². The van der Waals surface area contributed by atoms with Gasteiger partial charge >= 0.3 is 59.1 Å². The van der Waals surface area contributed by atoms with Crippen molar-refractivity contribution >= 4 is 24.1 Å². The molecule has 4 nitrogen and oxygen atoms in total. The predicted molar refractivity (Wildman–Crippen MR) is 70.5 cm³/mol. The van der Waals surface area contributed by atoms with Gasteiger partial charge in [0, 0.05) is 0 Å². The first-order valence-electron chi connectivity index (χ1n) is 5.87. The van der Waals surface area contributed by atoms with E-state index < -0.39 is 11.9 Å². The Morgan fingerprint density at radius 3 is 1.14 bits per heavy atom. The third kappa shape index (κ3) is 6.08. The van der Waals surface area contributed by atoms with Crippen LogP contribution >= 0.6 is 0 Å². The summed E-state index contributed by atoms with van der Waals surface area (Å²) in [6, 6.07) is 12.5. The van der Waals surface area contributed by atoms with Gasteiger partial charge in [-0.05, 0) is 22.3 Å². The van der Waals surface area contributed by atoms with E-state index in [2.05, 4.69) is 0 Å². The molecular formula is C16H10Na2O4. The van der Waals surface area contributed by atoms with Crippen LogP contribution in [0.25, 0.3) is 12.2 Å². The number of aromatic carboxylic acids is 2. The summed E-state index contributed by atoms with van der Waals surface area (Å²) in [6.07, 6.45) is 3.60. The van der Waals surface area contributed by atoms with Crippen molar-refractivity contribution in [2.24, 2.45) is 0 Å². The SMILES string of the molecule is O=C([O-])c1ccc(C=Cc2ccc(C(=O)[O-])cc2)cc1.[Na+].[Na+]. The van der Waals surface area contributed by atoms with Crippen molar-refractivity contribution < 1.29 is 78.9 Å². The van der Waals surface area contributed by atoms with E-state index in [1.807, 2.05) is 0 Å². The van der Waals surface area contributed by atoms with Crippen molar-refractivity contribution in [1.82, 2.24) is 0 Å². The third-order valence-electron chi connectivity index (χ3n) is 2.76. The van der Waals surface area contributed by atoms with Crippen LogP contribution in [0.1, 0.15) is 31.8 Å². The van der Waals surface area contributed by atoms with E-state index in [0.29, 0.717) is 0 Å². The Balaban J connectivity index is 0.00000220. The van der Waals surface area contributed by atoms with E-state index in [4.69, 9.17) is 0 Å². The molecule has 0 aromatic heterocycles. The van der Waals surface area contributed by atoms with Gasteiger partial charge in [0.2, 0.25) is 0 Å². The van der Waals surface area contributed by atoms with Crippen molar-refractivity contribution in [3.8, 4) is 0 Å². The number of carbonyl (C=O) groups excluding carboxylic acids is 2. The number of carboxylic acid groups (broad SMARTS) is 2. The molecule has 22 heavy (non-hydrogen) atoms. The summed E-state index contributed by atoms with van der Waals surface area (Å²) in [5, 5.41) is 21.2. The molecule has 0 saturated carbocycles. The molecule has 6 heteroatoms. The van der Waals surface area contributed by atoms with Gasteiger partial charge < -0.3 is 19.8 Å². The fraction of sp³-hybridized carbons (Fsp3) is 0. The fourth-order valence-electron chi connectivity index (χ4n) is 1.65. The molecule has 0 radical (unpaired) electrons. The summed E-state index contributed by atoms with van der Waals surface area (Å²) in [6.45, 7) is 0. The molecule has 0 aliphatic rings. The minimum absolute atomic E-state index is 0. The second-order valence-corrected chi connectivity index (χ2v) is 4.15. The number of benzene rings is 2. The Bertz CT molecular complexity index is 602. The molecule has 0 atom stereocenters. The van der Waals surface area contributed by atoms with Gasteiger partial charge in [0.15, 0.2) is 0 Å². The zero-order chi connectivity index (χ0) is 14.5. The zero-order valence-corrected chi connectivity index (χ0v) is 16.4. The molecule has 2 rings (SSSR count). The van der Waals surface area contributed by atoms with Crippen LogP contribution in [-0.2, 0) is 0 Å². The number of rotatable bonds is 4. The molecular weight excluding hydrogens is 302 g/mol. The first-order chi connectivity index (χ1) is 9.56. The largest absolute Gasteiger partial charge is 1.00 e. The summed E-state index contributed by atoms with van der Waals surface area (Å²) in [7, 11) is 0. The van der Waals surface area contributed by atoms with Gasteiger partial charge in [-0.3, -0.25) is 0 Å². The van der Waals surface area contributed by atoms with E-state index in [9.17, 15) is 19.8 Å². The second-order valence-electron chi connectivity index (χ2n) is 4.15. The molecule has 2 aromatic rings. The molecule has 0 aliphatic carbocycles. The Morgan fingerprint density at radius 2 is 0.909 bits per heavy atom. The molecule has 0 unspecified atom stereocenters. The predicted octanol–water partition coefficient (Wildman–Crippen LogP) is -5.41. The molecule has 0 spiro atoms. The summed E-state index contributed by atoms with van der Waals surface area (Å²) in [5.41, 5.74) is 1.92. The van der Waals surface area contributed by atoms with E-state index in [0.717, 1.165) is 11.1 Å². The Hall–Kier alpha value is -0.880. The van der Waals surface area contributed by atoms with Crippen LogP contribution in [0.5, 0.6) is 0 Å². The molecule has 0 N–H and O–H groups in total. The fourth-order valence-corrected chi connectivity index (χ4v) is 1.65. The first-order valence-corrected chi connectivity index (χ1v) is 5.87. The van der Waals surface area contributed by atoms with Crippen LogP contribution in [0.3, 0.4) is 0 Å². The van der Waals surface area contributed by atoms with Crippen LogP contribution in [0.15, 0.2) is 48.5 Å². The van der Waals surface area contributed by atoms with Gasteiger partial charge in [0.05, 0.1) is 11.9 Å². The van der Waals surface area contributed by atoms with Crippen LogP contribution in [0, 0.1) is 0 Å². The van der Waals surface area contributed by atoms with E-state index >= 15 is 0 Å². The van der Waals surface area contributed by atoms with Crippen molar-refractivity contribution in [2.75, 3.05) is 0 Å². The topological polar surface area (TPSA) is 80.3 Å². The summed E-state index contributed by atoms with van der Waals surface area (Å²) >= 11 is 0. The van der Waals surface area contributed by atoms with Crippen LogP contribution in [0.4, 0.5) is 0 Å². The second kappa shape index (κ2) is 10.0. The van der Waals surface area contributed by atoms with Crippen molar-refractivity contribution in [3.63, 3.8) is 0 Å². The van der Waals surface area contributed by atoms with Gasteiger partial charge in [-0.25, -0.2) is 0 Å². The van der Waals surface area contributed by atoms with E-state index in [1.165, 1.54) is 24.3 Å². The van der Waals surface area contributed by atoms with Crippen molar-refractivity contribution in [3.05, 3.63) is 70.8 Å². The monoisotopic (exact) mass is 312 g/mol. The first kappa shape index (κ1) is 21.1. The van der Waals surface area contributed by atoms with Crippen LogP contribution in [0.2, 0.25) is 0 Å². The van der Waals surface area contributed by atoms with Gasteiger partial charge in [-0.2, -0.15) is 0 Å². The average molecular weight is 312 g/mol. The number of hydrogen-bond donors (Lipinski definition) is 0. The Morgan fingerprint density at radius 1 is 0.636 bits per heavy atom. The van der Waals surface area contributed by atoms with Gasteiger partial charge in [-0.15, -0.1) is 0 Å². The molecule has 0 saturated heterocycles. The summed E-state index contributed by atoms with van der Waals surface area (Å²) in [5.74, 6) is -2.42. The van der Waals surface area contributed by atoms with Crippen molar-refractivity contribution in [2.45, 2.75) is 0 Å². The van der Waals surface area contributed by atoms with E-state index in [1.54, 1.807) is 36.4 Å². The zero-order valence-electron chi connectivity index (χ0n) is 12.4. The quantitative estimate of drug-likeness (QED) is 0.417. The summed E-state index contributed by atoms with van der Waals surface area (Å²) in [4.78, 5) is 21.2. The molecule has 0 heterocycles. The summed E-state index contributed by atoms with van der Waals surface area (Å²) < 4.78 is 0. The maximum Gasteiger partial charge on any atom is 1.00 e. The third-order valence-corrected chi connectivity index (χ3v) is 2.76. The molecule has 0 amide bonds. The molecule has 0 aliphatic heterocycles. The minimum Gasteiger partial charge on any atom is -0.545 e. The molecule has 100 valence electrons. The van der Waals surface area contributed by atoms with Gasteiger partial charge in [0.1, 0.15) is 0 Å². The number of hydrogen-bond acceptors (Lipinski definition) is 4. The van der Waals surface area contributed by atoms with Crippen LogP contribution in [-0.4, -0.2) is 11.9 Å². The Kier molecular flexibility index (Phi) is 9.60. The number of carboxylic acids is 2. The minimum atomic E-state index is -1.21. The molecule has 2 aromatic carbocycles. The average Bonchev–Trinajstić information content (AvgIpc) is 2.46. The van der Waals surface area contributed by atoms with Crippen LogP contribution < -0.4 is 69.3 Å². The Labute approximate surface area is 172 Å². The molecule has 0 bridgehead atoms. The number of carbonyl (C=O) groups is 2. The normalized spacial score (nSPS) is 9.64. The van der Waals surface area contributed by atoms with Crippen molar-refractivity contribution in [1.29, 1.82) is 0 Å². The smallest absolute Gasteiger partial charge is 0.545 e. The standard InChI is InChI=1S/C16H12O4.2Na/c17-15(18)13-7-3-11(4-8-13)1-2-12-5-9-14(10-6-12)16(19)20;;/h1-10H,(H,17,18)(H,19,20);;/q;2*+1/p-2. The molecule has 0 fully saturated rings. The van der Waals surface area contributed by atoms with Gasteiger partial charge in [-0.1, -0.05) is 60.7 Å².